The van der Waals surface area contributed by atoms with Gasteiger partial charge in [0, 0.05) is 84.8 Å². The quantitative estimate of drug-likeness (QED) is 0.0345. The molecule has 0 unspecified atom stereocenters. The number of nitrogens with zero attached hydrogens (tertiary/aromatic N) is 4. The van der Waals surface area contributed by atoms with Gasteiger partial charge in [0.25, 0.3) is 0 Å². The van der Waals surface area contributed by atoms with Gasteiger partial charge < -0.3 is 55.1 Å². The number of amides is 4. The first-order chi connectivity index (χ1) is 54.3. The van der Waals surface area contributed by atoms with Crippen LogP contribution in [0.2, 0.25) is 0 Å². The molecule has 9 fully saturated rings. The molecule has 3 aromatic carbocycles. The molecule has 6 aromatic rings. The second kappa shape index (κ2) is 36.9. The molecule has 21 atom stereocenters. The maximum Gasteiger partial charge on any atom is 0.407 e. The molecular formula is C89H104F3N7O13. The summed E-state index contributed by atoms with van der Waals surface area (Å²) in [4.78, 5) is 89.9. The fourth-order valence-corrected chi connectivity index (χ4v) is 20.9. The number of pyridine rings is 3. The minimum absolute atomic E-state index is 0.0123. The number of carbonyl (C=O) groups is 6. The van der Waals surface area contributed by atoms with Crippen molar-refractivity contribution in [3.8, 4) is 33.4 Å². The molecule has 0 bridgehead atoms. The number of rotatable bonds is 18. The highest BCUT2D eigenvalue weighted by atomic mass is 19.1. The molecule has 112 heavy (non-hydrogen) atoms. The Morgan fingerprint density at radius 3 is 1.25 bits per heavy atom. The number of nitrogens with one attached hydrogen (secondary N) is 3. The maximum atomic E-state index is 13.6. The Hall–Kier alpha value is -9.58. The summed E-state index contributed by atoms with van der Waals surface area (Å²) in [6, 6.07) is 31.1. The van der Waals surface area contributed by atoms with Crippen LogP contribution < -0.4 is 16.0 Å². The highest BCUT2D eigenvalue weighted by Gasteiger charge is 2.58. The average molecular weight is 1540 g/mol. The van der Waals surface area contributed by atoms with Crippen molar-refractivity contribution in [3.05, 3.63) is 181 Å². The number of aromatic nitrogens is 3. The molecule has 6 N–H and O–H groups in total. The number of ether oxygens (including phenoxy) is 4. The third-order valence-corrected chi connectivity index (χ3v) is 25.7. The Morgan fingerprint density at radius 1 is 0.473 bits per heavy atom. The van der Waals surface area contributed by atoms with Crippen molar-refractivity contribution < 1.29 is 76.2 Å². The first-order valence-electron chi connectivity index (χ1n) is 40.1. The summed E-state index contributed by atoms with van der Waals surface area (Å²) in [6.45, 7) is 5.92. The summed E-state index contributed by atoms with van der Waals surface area (Å²) in [5.74, 6) is 0.532. The van der Waals surface area contributed by atoms with Gasteiger partial charge in [-0.1, -0.05) is 72.8 Å². The fourth-order valence-electron chi connectivity index (χ4n) is 20.9. The predicted molar refractivity (Wildman–Crippen MR) is 416 cm³/mol. The number of aliphatic hydroxyl groups is 3. The molecule has 7 aliphatic carbocycles. The summed E-state index contributed by atoms with van der Waals surface area (Å²) in [7, 11) is 1.85. The van der Waals surface area contributed by atoms with Crippen molar-refractivity contribution in [1.29, 1.82) is 0 Å². The van der Waals surface area contributed by atoms with Gasteiger partial charge in [0.05, 0.1) is 68.6 Å². The van der Waals surface area contributed by atoms with E-state index in [1.54, 1.807) is 57.6 Å². The van der Waals surface area contributed by atoms with Crippen LogP contribution in [0.4, 0.5) is 27.6 Å². The average Bonchev–Trinajstić information content (AvgIpc) is 1.57. The van der Waals surface area contributed by atoms with Crippen molar-refractivity contribution in [2.75, 3.05) is 46.7 Å². The van der Waals surface area contributed by atoms with E-state index in [2.05, 4.69) is 49.1 Å². The Labute approximate surface area is 652 Å². The molecule has 4 amide bonds. The third kappa shape index (κ3) is 18.5. The molecule has 7 saturated carbocycles. The molecule has 5 heterocycles. The highest BCUT2D eigenvalue weighted by molar-refractivity contribution is 5.84. The Morgan fingerprint density at radius 2 is 0.866 bits per heavy atom. The van der Waals surface area contributed by atoms with Crippen LogP contribution in [0, 0.1) is 112 Å². The SMILES string of the molecule is CCOC(=O)N[C@@H]1CC[C@@H]2[C@@H](C1)C[C@@H]1[C@H]([C@H]2/C=C/c2ccc(-c3cccc(F)c3)cn2)[C@@H](CO)C(=O)N1C.CCOC(=O)N[C@@H]1CC[C@@H]2[C@@H](C1)C[C@H]1CC(=O)[C@H](CO)[C@H]1[C@H]2/C=C/c1ccc(-c2cccc(F)c2)cn1.CCOC(=O)N[C@@H]1CC[C@@H]2[C@@H](C1)C[C@H]1OC(=O)[C@H](CO)[C@H]1[C@H]2/C=C/c1ccc(-c2cccc(F)c2)cn1. The van der Waals surface area contributed by atoms with Gasteiger partial charge in [-0.25, -0.2) is 27.6 Å². The number of allylic oxidation sites excluding steroid dienone is 3. The normalized spacial score (nSPS) is 30.9. The lowest BCUT2D eigenvalue weighted by atomic mass is 9.56. The van der Waals surface area contributed by atoms with Crippen LogP contribution in [0.25, 0.3) is 51.6 Å². The lowest BCUT2D eigenvalue weighted by Crippen LogP contribution is -2.50. The minimum atomic E-state index is -0.528. The van der Waals surface area contributed by atoms with Gasteiger partial charge in [0.15, 0.2) is 0 Å². The van der Waals surface area contributed by atoms with Crippen LogP contribution in [0.1, 0.15) is 121 Å². The van der Waals surface area contributed by atoms with Gasteiger partial charge in [-0.15, -0.1) is 0 Å². The molecule has 2 saturated heterocycles. The van der Waals surface area contributed by atoms with Crippen molar-refractivity contribution in [2.45, 2.75) is 135 Å². The summed E-state index contributed by atoms with van der Waals surface area (Å²) in [6.07, 6.45) is 27.4. The van der Waals surface area contributed by atoms with Gasteiger partial charge in [-0.05, 0) is 258 Å². The van der Waals surface area contributed by atoms with Crippen molar-refractivity contribution in [2.24, 2.45) is 94.7 Å². The number of carbonyl (C=O) groups excluding carboxylic acids is 6. The monoisotopic (exact) mass is 1540 g/mol. The molecule has 9 aliphatic rings. The summed E-state index contributed by atoms with van der Waals surface area (Å²) in [5, 5.41) is 39.3. The fraction of sp³-hybridized carbons (Fsp3) is 0.494. The van der Waals surface area contributed by atoms with Gasteiger partial charge in [-0.3, -0.25) is 29.3 Å². The third-order valence-electron chi connectivity index (χ3n) is 25.7. The van der Waals surface area contributed by atoms with Crippen LogP contribution in [-0.4, -0.2) is 148 Å². The molecular weight excluding hydrogens is 1430 g/mol. The Balaban J connectivity index is 0.000000147. The number of benzene rings is 3. The topological polar surface area (TPSA) is 278 Å². The molecule has 3 aromatic heterocycles. The van der Waals surface area contributed by atoms with Gasteiger partial charge in [-0.2, -0.15) is 0 Å². The highest BCUT2D eigenvalue weighted by Crippen LogP contribution is 2.58. The summed E-state index contributed by atoms with van der Waals surface area (Å²) < 4.78 is 61.8. The van der Waals surface area contributed by atoms with Crippen molar-refractivity contribution in [3.63, 3.8) is 0 Å². The van der Waals surface area contributed by atoms with E-state index in [-0.39, 0.29) is 151 Å². The largest absolute Gasteiger partial charge is 0.462 e. The second-order valence-electron chi connectivity index (χ2n) is 31.9. The number of aliphatic hydroxyl groups excluding tert-OH is 3. The first-order valence-corrected chi connectivity index (χ1v) is 40.1. The van der Waals surface area contributed by atoms with E-state index in [0.29, 0.717) is 55.8 Å². The van der Waals surface area contributed by atoms with Crippen LogP contribution in [-0.2, 0) is 33.3 Å². The summed E-state index contributed by atoms with van der Waals surface area (Å²) >= 11 is 0. The van der Waals surface area contributed by atoms with E-state index < -0.39 is 17.9 Å². The number of hydrogen-bond acceptors (Lipinski definition) is 16. The number of Topliss-reactive ketones (excluding diaryl/α,β-unsaturated/α-hetero) is 1. The molecule has 23 heteroatoms. The smallest absolute Gasteiger partial charge is 0.407 e. The number of likely N-dealkylation sites (tertiary alicyclic amines) is 1. The Bertz CT molecular complexity index is 4180. The predicted octanol–water partition coefficient (Wildman–Crippen LogP) is 14.4. The van der Waals surface area contributed by atoms with Crippen LogP contribution in [0.5, 0.6) is 0 Å². The van der Waals surface area contributed by atoms with Gasteiger partial charge in [0.1, 0.15) is 29.3 Å². The first kappa shape index (κ1) is 80.5. The van der Waals surface area contributed by atoms with Crippen molar-refractivity contribution >= 4 is 54.2 Å². The standard InChI is InChI=1S/C30H36FN3O4.C30H35FN2O4.C29H33FN2O5/c1-3-38-30(37)33-23-10-11-24-20(14-23)15-27-28(26(17-35)29(36)34(27)2)25(24)12-9-22-8-7-19(16-32-22)18-5-4-6-21(31)13-18;1-2-37-30(36)33-24-9-10-25-20(14-24)12-21-15-28(35)27(17-34)29(21)26(25)11-8-23-7-6-19(16-32-23)18-4-3-5-22(31)13-18;1-2-36-29(35)32-22-9-10-23-19(13-22)14-26-27(25(16-33)28(34)37-26)24(23)11-8-21-7-6-18(15-31-21)17-4-3-5-20(30)12-17/h4-9,12-13,16,20,23-28,35H,3,10-11,14-15,17H2,1-2H3,(H,33,37);3-8,11,13,16,20-21,24-27,29,34H,2,9-10,12,14-15,17H2,1H3,(H,33,36);3-8,11-12,15,19,22-27,33H,2,9-10,13-14,16H2,1H3,(H,32,35)/b12-9+;2*11-8+/t20-,23+,24+,25-,26+,27+,28+;20-,21+,24-,25-,26+,27+,29-;19-,22+,23+,24-,25+,26+,27+/m010/s1. The summed E-state index contributed by atoms with van der Waals surface area (Å²) in [5.41, 5.74) is 7.21. The molecule has 2 aliphatic heterocycles. The number of halogens is 3. The lowest BCUT2D eigenvalue weighted by molar-refractivity contribution is -0.146. The zero-order valence-corrected chi connectivity index (χ0v) is 64.0. The second-order valence-corrected chi connectivity index (χ2v) is 31.9. The van der Waals surface area contributed by atoms with E-state index in [0.717, 1.165) is 128 Å². The maximum absolute atomic E-state index is 13.6. The van der Waals surface area contributed by atoms with E-state index >= 15 is 0 Å². The Kier molecular flexibility index (Phi) is 26.5. The van der Waals surface area contributed by atoms with Gasteiger partial charge >= 0.3 is 24.2 Å². The van der Waals surface area contributed by atoms with E-state index in [4.69, 9.17) is 18.9 Å². The van der Waals surface area contributed by atoms with E-state index in [9.17, 15) is 57.3 Å². The molecule has 15 rings (SSSR count). The van der Waals surface area contributed by atoms with E-state index in [1.807, 2.05) is 84.8 Å². The number of esters is 1. The number of hydrogen-bond donors (Lipinski definition) is 6. The molecule has 20 nitrogen and oxygen atoms in total. The zero-order chi connectivity index (χ0) is 78.7. The van der Waals surface area contributed by atoms with Crippen LogP contribution in [0.15, 0.2) is 146 Å². The number of alkyl carbamates (subject to hydrolysis) is 3. The van der Waals surface area contributed by atoms with Crippen LogP contribution in [0.3, 0.4) is 0 Å². The number of fused-ring (bicyclic) bond motifs is 6. The minimum Gasteiger partial charge on any atom is -0.462 e. The molecule has 0 spiro atoms. The van der Waals surface area contributed by atoms with Gasteiger partial charge in [0.2, 0.25) is 5.91 Å². The molecule has 0 radical (unpaired) electrons. The zero-order valence-electron chi connectivity index (χ0n) is 64.0. The van der Waals surface area contributed by atoms with E-state index in [1.165, 1.54) is 36.4 Å². The molecule has 594 valence electrons. The van der Waals surface area contributed by atoms with Crippen LogP contribution >= 0.6 is 0 Å². The number of ketones is 1. The lowest BCUT2D eigenvalue weighted by Gasteiger charge is -2.49. The van der Waals surface area contributed by atoms with Crippen molar-refractivity contribution in [1.82, 2.24) is 35.8 Å².